The average molecular weight is 340 g/mol. The zero-order chi connectivity index (χ0) is 18.3. The molecule has 2 aromatic rings. The van der Waals surface area contributed by atoms with Gasteiger partial charge in [0.15, 0.2) is 0 Å². The van der Waals surface area contributed by atoms with Crippen LogP contribution in [0.1, 0.15) is 28.3 Å². The van der Waals surface area contributed by atoms with Crippen LogP contribution in [0.3, 0.4) is 0 Å². The molecular weight excluding hydrogens is 328 g/mol. The van der Waals surface area contributed by atoms with Crippen LogP contribution in [0.15, 0.2) is 54.1 Å². The minimum absolute atomic E-state index is 0.275. The van der Waals surface area contributed by atoms with Crippen molar-refractivity contribution in [2.75, 3.05) is 0 Å². The number of nitrogens with zero attached hydrogens (tertiary/aromatic N) is 2. The number of carbonyl (C=O) groups excluding carboxylic acids is 2. The van der Waals surface area contributed by atoms with E-state index >= 15 is 0 Å². The predicted molar refractivity (Wildman–Crippen MR) is 91.8 cm³/mol. The Balaban J connectivity index is 1.81. The van der Waals surface area contributed by atoms with Crippen molar-refractivity contribution < 1.29 is 9.59 Å². The van der Waals surface area contributed by atoms with Crippen LogP contribution in [0.25, 0.3) is 5.70 Å². The van der Waals surface area contributed by atoms with E-state index in [-0.39, 0.29) is 11.8 Å². The first-order valence-corrected chi connectivity index (χ1v) is 7.99. The molecule has 0 saturated carbocycles. The highest BCUT2D eigenvalue weighted by Gasteiger charge is 2.49. The van der Waals surface area contributed by atoms with Crippen LogP contribution in [-0.4, -0.2) is 11.8 Å². The van der Waals surface area contributed by atoms with Crippen molar-refractivity contribution >= 4 is 17.5 Å². The quantitative estimate of drug-likeness (QED) is 0.869. The van der Waals surface area contributed by atoms with Gasteiger partial charge in [0.2, 0.25) is 5.91 Å². The van der Waals surface area contributed by atoms with Crippen molar-refractivity contribution in [2.45, 2.75) is 6.04 Å². The highest BCUT2D eigenvalue weighted by molar-refractivity contribution is 6.15. The zero-order valence-electron chi connectivity index (χ0n) is 13.5. The first kappa shape index (κ1) is 15.6. The maximum Gasteiger partial charge on any atom is 0.250 e. The lowest BCUT2D eigenvalue weighted by atomic mass is 9.90. The van der Waals surface area contributed by atoms with Crippen LogP contribution in [0.4, 0.5) is 0 Å². The first-order valence-electron chi connectivity index (χ1n) is 7.99. The third-order valence-corrected chi connectivity index (χ3v) is 4.63. The number of benzene rings is 2. The van der Waals surface area contributed by atoms with Crippen LogP contribution in [0, 0.1) is 28.6 Å². The number of rotatable bonds is 2. The third kappa shape index (κ3) is 2.33. The fourth-order valence-electron chi connectivity index (χ4n) is 3.48. The smallest absolute Gasteiger partial charge is 0.250 e. The Morgan fingerprint density at radius 1 is 0.923 bits per heavy atom. The lowest BCUT2D eigenvalue weighted by Gasteiger charge is -2.16. The second-order valence-electron chi connectivity index (χ2n) is 6.14. The summed E-state index contributed by atoms with van der Waals surface area (Å²) in [6.45, 7) is 0. The van der Waals surface area contributed by atoms with E-state index in [2.05, 4.69) is 22.8 Å². The Kier molecular flexibility index (Phi) is 3.53. The van der Waals surface area contributed by atoms with Gasteiger partial charge in [0, 0.05) is 0 Å². The standard InChI is InChI=1S/C20H12N4O2/c21-9-11-3-1-5-13(7-11)17-15-16(20(26)23-17)18(24-19(15)25)14-6-2-4-12(8-14)10-22/h1-8,15,17H,(H,23,26)(H,24,25). The zero-order valence-corrected chi connectivity index (χ0v) is 13.5. The van der Waals surface area contributed by atoms with Crippen LogP contribution in [0.5, 0.6) is 0 Å². The van der Waals surface area contributed by atoms with Crippen molar-refractivity contribution in [3.63, 3.8) is 0 Å². The second-order valence-corrected chi connectivity index (χ2v) is 6.14. The third-order valence-electron chi connectivity index (χ3n) is 4.63. The van der Waals surface area contributed by atoms with Gasteiger partial charge in [0.05, 0.1) is 46.5 Å². The molecule has 2 heterocycles. The summed E-state index contributed by atoms with van der Waals surface area (Å²) in [5.41, 5.74) is 3.06. The number of hydrogen-bond donors (Lipinski definition) is 2. The summed E-state index contributed by atoms with van der Waals surface area (Å²) < 4.78 is 0. The summed E-state index contributed by atoms with van der Waals surface area (Å²) in [6, 6.07) is 17.2. The second kappa shape index (κ2) is 5.87. The molecule has 2 unspecified atom stereocenters. The van der Waals surface area contributed by atoms with Crippen LogP contribution in [0.2, 0.25) is 0 Å². The van der Waals surface area contributed by atoms with E-state index < -0.39 is 12.0 Å². The Morgan fingerprint density at radius 3 is 2.35 bits per heavy atom. The molecule has 6 heteroatoms. The average Bonchev–Trinajstić information content (AvgIpc) is 3.20. The topological polar surface area (TPSA) is 106 Å². The van der Waals surface area contributed by atoms with Crippen molar-refractivity contribution in [1.29, 1.82) is 10.5 Å². The van der Waals surface area contributed by atoms with Gasteiger partial charge in [-0.1, -0.05) is 24.3 Å². The van der Waals surface area contributed by atoms with Crippen molar-refractivity contribution in [2.24, 2.45) is 5.92 Å². The van der Waals surface area contributed by atoms with Gasteiger partial charge in [0.1, 0.15) is 0 Å². The maximum atomic E-state index is 12.6. The molecule has 2 amide bonds. The molecule has 2 aliphatic rings. The van der Waals surface area contributed by atoms with Crippen molar-refractivity contribution in [1.82, 2.24) is 10.6 Å². The lowest BCUT2D eigenvalue weighted by Crippen LogP contribution is -2.29. The molecule has 2 atom stereocenters. The molecule has 2 N–H and O–H groups in total. The Bertz CT molecular complexity index is 1070. The Hall–Kier alpha value is -3.90. The number of hydrogen-bond acceptors (Lipinski definition) is 4. The summed E-state index contributed by atoms with van der Waals surface area (Å²) in [7, 11) is 0. The van der Waals surface area contributed by atoms with E-state index in [1.807, 2.05) is 0 Å². The first-order chi connectivity index (χ1) is 12.6. The maximum absolute atomic E-state index is 12.6. The normalized spacial score (nSPS) is 20.8. The summed E-state index contributed by atoms with van der Waals surface area (Å²) in [5.74, 6) is -1.27. The number of nitrogens with one attached hydrogen (secondary N) is 2. The van der Waals surface area contributed by atoms with Gasteiger partial charge in [-0.05, 0) is 35.4 Å². The monoisotopic (exact) mass is 340 g/mol. The summed E-state index contributed by atoms with van der Waals surface area (Å²) >= 11 is 0. The molecule has 1 fully saturated rings. The lowest BCUT2D eigenvalue weighted by molar-refractivity contribution is -0.122. The van der Waals surface area contributed by atoms with Crippen LogP contribution in [-0.2, 0) is 9.59 Å². The molecule has 4 rings (SSSR count). The van der Waals surface area contributed by atoms with E-state index in [1.54, 1.807) is 48.5 Å². The molecule has 2 aromatic carbocycles. The number of amides is 2. The number of carbonyl (C=O) groups is 2. The summed E-state index contributed by atoms with van der Waals surface area (Å²) in [6.07, 6.45) is 0. The molecule has 0 bridgehead atoms. The number of fused-ring (bicyclic) bond motifs is 1. The molecular formula is C20H12N4O2. The van der Waals surface area contributed by atoms with Crippen molar-refractivity contribution in [3.05, 3.63) is 76.4 Å². The molecule has 124 valence electrons. The highest BCUT2D eigenvalue weighted by Crippen LogP contribution is 2.41. The van der Waals surface area contributed by atoms with Crippen molar-refractivity contribution in [3.8, 4) is 12.1 Å². The Labute approximate surface area is 149 Å². The highest BCUT2D eigenvalue weighted by atomic mass is 16.2. The minimum Gasteiger partial charge on any atom is -0.344 e. The molecule has 26 heavy (non-hydrogen) atoms. The van der Waals surface area contributed by atoms with E-state index in [0.717, 1.165) is 0 Å². The molecule has 0 radical (unpaired) electrons. The molecule has 0 aromatic heterocycles. The fourth-order valence-corrected chi connectivity index (χ4v) is 3.48. The molecule has 6 nitrogen and oxygen atoms in total. The van der Waals surface area contributed by atoms with E-state index in [1.165, 1.54) is 0 Å². The molecule has 0 aliphatic carbocycles. The van der Waals surface area contributed by atoms with Gasteiger partial charge in [-0.25, -0.2) is 0 Å². The van der Waals surface area contributed by atoms with E-state index in [9.17, 15) is 9.59 Å². The molecule has 1 saturated heterocycles. The summed E-state index contributed by atoms with van der Waals surface area (Å²) in [5, 5.41) is 23.8. The minimum atomic E-state index is -0.669. The Morgan fingerprint density at radius 2 is 1.62 bits per heavy atom. The van der Waals surface area contributed by atoms with Gasteiger partial charge in [-0.3, -0.25) is 9.59 Å². The molecule has 0 spiro atoms. The summed E-state index contributed by atoms with van der Waals surface area (Å²) in [4.78, 5) is 25.2. The number of nitriles is 2. The van der Waals surface area contributed by atoms with Gasteiger partial charge >= 0.3 is 0 Å². The SMILES string of the molecule is N#Cc1cccc(C2=C3C(=O)NC(c4cccc(C#N)c4)C3C(=O)N2)c1. The van der Waals surface area contributed by atoms with E-state index in [0.29, 0.717) is 33.5 Å². The fraction of sp³-hybridized carbons (Fsp3) is 0.100. The van der Waals surface area contributed by atoms with Gasteiger partial charge < -0.3 is 10.6 Å². The van der Waals surface area contributed by atoms with E-state index in [4.69, 9.17) is 10.5 Å². The van der Waals surface area contributed by atoms with Crippen LogP contribution >= 0.6 is 0 Å². The van der Waals surface area contributed by atoms with Crippen LogP contribution < -0.4 is 10.6 Å². The van der Waals surface area contributed by atoms with Gasteiger partial charge in [0.25, 0.3) is 5.91 Å². The predicted octanol–water partition coefficient (Wildman–Crippen LogP) is 1.76. The largest absolute Gasteiger partial charge is 0.344 e. The molecule has 2 aliphatic heterocycles. The van der Waals surface area contributed by atoms with Gasteiger partial charge in [-0.15, -0.1) is 0 Å². The van der Waals surface area contributed by atoms with Gasteiger partial charge in [-0.2, -0.15) is 10.5 Å².